The number of ether oxygens (including phenoxy) is 1. The van der Waals surface area contributed by atoms with Crippen molar-refractivity contribution in [3.8, 4) is 0 Å². The van der Waals surface area contributed by atoms with E-state index in [1.54, 1.807) is 0 Å². The average molecular weight is 219 g/mol. The molecule has 1 aliphatic rings. The highest BCUT2D eigenvalue weighted by Crippen LogP contribution is 2.18. The predicted molar refractivity (Wildman–Crippen MR) is 66.3 cm³/mol. The lowest BCUT2D eigenvalue weighted by Gasteiger charge is -2.16. The van der Waals surface area contributed by atoms with Gasteiger partial charge in [0.25, 0.3) is 0 Å². The Bertz CT molecular complexity index is 295. The molecule has 0 bridgehead atoms. The molecule has 0 heterocycles. The minimum atomic E-state index is 0.348. The number of hydrogen-bond acceptors (Lipinski definition) is 2. The summed E-state index contributed by atoms with van der Waals surface area (Å²) in [5.41, 5.74) is 1.26. The number of benzene rings is 1. The number of hydrogen-bond donors (Lipinski definition) is 1. The fourth-order valence-corrected chi connectivity index (χ4v) is 1.69. The Hall–Kier alpha value is -0.860. The van der Waals surface area contributed by atoms with Crippen LogP contribution < -0.4 is 5.32 Å². The van der Waals surface area contributed by atoms with Crippen LogP contribution in [0.25, 0.3) is 0 Å². The van der Waals surface area contributed by atoms with E-state index in [-0.39, 0.29) is 0 Å². The zero-order valence-corrected chi connectivity index (χ0v) is 9.99. The summed E-state index contributed by atoms with van der Waals surface area (Å²) >= 11 is 0. The molecule has 0 aromatic heterocycles. The SMILES string of the molecule is CCC(CNC1CC1)OCc1ccccc1. The number of nitrogens with one attached hydrogen (secondary N) is 1. The molecule has 0 saturated heterocycles. The Morgan fingerprint density at radius 3 is 2.69 bits per heavy atom. The topological polar surface area (TPSA) is 21.3 Å². The summed E-state index contributed by atoms with van der Waals surface area (Å²) < 4.78 is 5.89. The molecule has 1 atom stereocenters. The van der Waals surface area contributed by atoms with Crippen molar-refractivity contribution in [2.45, 2.75) is 44.9 Å². The molecular formula is C14H21NO. The van der Waals surface area contributed by atoms with Gasteiger partial charge in [0.2, 0.25) is 0 Å². The van der Waals surface area contributed by atoms with Gasteiger partial charge in [0.1, 0.15) is 0 Å². The normalized spacial score (nSPS) is 17.3. The van der Waals surface area contributed by atoms with Gasteiger partial charge in [-0.2, -0.15) is 0 Å². The zero-order chi connectivity index (χ0) is 11.2. The highest BCUT2D eigenvalue weighted by Gasteiger charge is 2.21. The highest BCUT2D eigenvalue weighted by molar-refractivity contribution is 5.13. The lowest BCUT2D eigenvalue weighted by molar-refractivity contribution is 0.0382. The van der Waals surface area contributed by atoms with Crippen LogP contribution >= 0.6 is 0 Å². The summed E-state index contributed by atoms with van der Waals surface area (Å²) in [5, 5.41) is 3.52. The van der Waals surface area contributed by atoms with E-state index in [1.165, 1.54) is 18.4 Å². The van der Waals surface area contributed by atoms with Gasteiger partial charge in [-0.1, -0.05) is 37.3 Å². The summed E-state index contributed by atoms with van der Waals surface area (Å²) in [6, 6.07) is 11.1. The second kappa shape index (κ2) is 6.02. The summed E-state index contributed by atoms with van der Waals surface area (Å²) in [7, 11) is 0. The molecule has 1 fully saturated rings. The molecule has 1 aromatic rings. The molecule has 2 nitrogen and oxygen atoms in total. The van der Waals surface area contributed by atoms with Crippen molar-refractivity contribution < 1.29 is 4.74 Å². The van der Waals surface area contributed by atoms with Crippen molar-refractivity contribution >= 4 is 0 Å². The van der Waals surface area contributed by atoms with E-state index in [4.69, 9.17) is 4.74 Å². The standard InChI is InChI=1S/C14H21NO/c1-2-14(10-15-13-8-9-13)16-11-12-6-4-3-5-7-12/h3-7,13-15H,2,8-11H2,1H3. The first kappa shape index (κ1) is 11.6. The van der Waals surface area contributed by atoms with Crippen molar-refractivity contribution in [2.75, 3.05) is 6.54 Å². The van der Waals surface area contributed by atoms with E-state index in [1.807, 2.05) is 6.07 Å². The van der Waals surface area contributed by atoms with Gasteiger partial charge in [-0.3, -0.25) is 0 Å². The van der Waals surface area contributed by atoms with Crippen molar-refractivity contribution in [1.29, 1.82) is 0 Å². The van der Waals surface area contributed by atoms with E-state index >= 15 is 0 Å². The molecule has 0 radical (unpaired) electrons. The lowest BCUT2D eigenvalue weighted by Crippen LogP contribution is -2.30. The summed E-state index contributed by atoms with van der Waals surface area (Å²) in [4.78, 5) is 0. The minimum Gasteiger partial charge on any atom is -0.372 e. The third kappa shape index (κ3) is 3.95. The quantitative estimate of drug-likeness (QED) is 0.761. The van der Waals surface area contributed by atoms with Crippen LogP contribution in [0, 0.1) is 0 Å². The molecule has 1 N–H and O–H groups in total. The summed E-state index contributed by atoms with van der Waals surface area (Å²) in [5.74, 6) is 0. The van der Waals surface area contributed by atoms with Crippen LogP contribution in [0.4, 0.5) is 0 Å². The smallest absolute Gasteiger partial charge is 0.0721 e. The van der Waals surface area contributed by atoms with Crippen LogP contribution in [0.5, 0.6) is 0 Å². The summed E-state index contributed by atoms with van der Waals surface area (Å²) in [6.07, 6.45) is 4.11. The van der Waals surface area contributed by atoms with Gasteiger partial charge >= 0.3 is 0 Å². The molecule has 16 heavy (non-hydrogen) atoms. The molecule has 1 aromatic carbocycles. The molecule has 0 aliphatic heterocycles. The molecule has 2 heteroatoms. The third-order valence-corrected chi connectivity index (χ3v) is 3.00. The molecule has 1 aliphatic carbocycles. The number of rotatable bonds is 7. The fraction of sp³-hybridized carbons (Fsp3) is 0.571. The largest absolute Gasteiger partial charge is 0.372 e. The maximum Gasteiger partial charge on any atom is 0.0721 e. The second-order valence-corrected chi connectivity index (χ2v) is 4.51. The highest BCUT2D eigenvalue weighted by atomic mass is 16.5. The first-order valence-electron chi connectivity index (χ1n) is 6.27. The maximum absolute atomic E-state index is 5.89. The van der Waals surface area contributed by atoms with E-state index < -0.39 is 0 Å². The average Bonchev–Trinajstić information content (AvgIpc) is 3.15. The molecule has 2 rings (SSSR count). The zero-order valence-electron chi connectivity index (χ0n) is 9.99. The van der Waals surface area contributed by atoms with Crippen LogP contribution in [0.2, 0.25) is 0 Å². The predicted octanol–water partition coefficient (Wildman–Crippen LogP) is 2.73. The van der Waals surface area contributed by atoms with Gasteiger partial charge in [0, 0.05) is 12.6 Å². The van der Waals surface area contributed by atoms with Gasteiger partial charge in [-0.15, -0.1) is 0 Å². The molecule has 0 spiro atoms. The van der Waals surface area contributed by atoms with E-state index in [0.29, 0.717) is 6.10 Å². The monoisotopic (exact) mass is 219 g/mol. The van der Waals surface area contributed by atoms with Crippen LogP contribution in [0.1, 0.15) is 31.7 Å². The Kier molecular flexibility index (Phi) is 4.37. The Labute approximate surface area is 98.0 Å². The van der Waals surface area contributed by atoms with Crippen LogP contribution in [0.15, 0.2) is 30.3 Å². The van der Waals surface area contributed by atoms with Gasteiger partial charge in [-0.25, -0.2) is 0 Å². The van der Waals surface area contributed by atoms with Gasteiger partial charge in [-0.05, 0) is 24.8 Å². The van der Waals surface area contributed by atoms with Crippen molar-refractivity contribution in [3.05, 3.63) is 35.9 Å². The van der Waals surface area contributed by atoms with Gasteiger partial charge in [0.15, 0.2) is 0 Å². The van der Waals surface area contributed by atoms with Gasteiger partial charge < -0.3 is 10.1 Å². The van der Waals surface area contributed by atoms with Crippen LogP contribution in [0.3, 0.4) is 0 Å². The fourth-order valence-electron chi connectivity index (χ4n) is 1.69. The third-order valence-electron chi connectivity index (χ3n) is 3.00. The molecule has 1 unspecified atom stereocenters. The van der Waals surface area contributed by atoms with Gasteiger partial charge in [0.05, 0.1) is 12.7 Å². The van der Waals surface area contributed by atoms with Crippen molar-refractivity contribution in [1.82, 2.24) is 5.32 Å². The molecular weight excluding hydrogens is 198 g/mol. The second-order valence-electron chi connectivity index (χ2n) is 4.51. The van der Waals surface area contributed by atoms with E-state index in [9.17, 15) is 0 Å². The minimum absolute atomic E-state index is 0.348. The first-order chi connectivity index (χ1) is 7.88. The Balaban J connectivity index is 1.69. The van der Waals surface area contributed by atoms with Crippen molar-refractivity contribution in [3.63, 3.8) is 0 Å². The Morgan fingerprint density at radius 2 is 2.06 bits per heavy atom. The van der Waals surface area contributed by atoms with E-state index in [0.717, 1.165) is 25.6 Å². The van der Waals surface area contributed by atoms with E-state index in [2.05, 4.69) is 36.5 Å². The van der Waals surface area contributed by atoms with Crippen LogP contribution in [-0.4, -0.2) is 18.7 Å². The van der Waals surface area contributed by atoms with Crippen molar-refractivity contribution in [2.24, 2.45) is 0 Å². The Morgan fingerprint density at radius 1 is 1.31 bits per heavy atom. The first-order valence-corrected chi connectivity index (χ1v) is 6.27. The molecule has 1 saturated carbocycles. The maximum atomic E-state index is 5.89. The summed E-state index contributed by atoms with van der Waals surface area (Å²) in [6.45, 7) is 3.91. The van der Waals surface area contributed by atoms with Crippen LogP contribution in [-0.2, 0) is 11.3 Å². The lowest BCUT2D eigenvalue weighted by atomic mass is 10.2. The molecule has 0 amide bonds. The molecule has 88 valence electrons.